The molecular weight excluding hydrogens is 872 g/mol. The molecular formula is C48H61ClN6O11. The van der Waals surface area contributed by atoms with Crippen LogP contribution in [0.1, 0.15) is 69.6 Å². The van der Waals surface area contributed by atoms with Crippen LogP contribution in [0, 0.1) is 40.0 Å². The van der Waals surface area contributed by atoms with Gasteiger partial charge in [0.1, 0.15) is 29.6 Å². The maximum Gasteiger partial charge on any atom is 0.327 e. The van der Waals surface area contributed by atoms with E-state index in [0.717, 1.165) is 40.2 Å². The largest absolute Gasteiger partial charge is 1.00 e. The van der Waals surface area contributed by atoms with E-state index in [9.17, 15) is 39.4 Å². The number of ketones is 2. The summed E-state index contributed by atoms with van der Waals surface area (Å²) in [6.07, 6.45) is 1.44. The van der Waals surface area contributed by atoms with E-state index in [-0.39, 0.29) is 67.6 Å². The summed E-state index contributed by atoms with van der Waals surface area (Å²) in [5.74, 6) is -0.0755. The fourth-order valence-corrected chi connectivity index (χ4v) is 6.70. The number of non-ortho nitro benzene ring substituents is 2. The first-order valence-corrected chi connectivity index (χ1v) is 20.6. The Balaban J connectivity index is 0.000000560. The first-order valence-electron chi connectivity index (χ1n) is 20.6. The molecule has 0 atom stereocenters. The van der Waals surface area contributed by atoms with E-state index in [1.54, 1.807) is 55.1 Å². The highest BCUT2D eigenvalue weighted by Gasteiger charge is 2.21. The minimum atomic E-state index is -0.689. The quantitative estimate of drug-likeness (QED) is 0.0543. The van der Waals surface area contributed by atoms with Gasteiger partial charge in [-0.05, 0) is 94.5 Å². The number of esters is 1. The lowest BCUT2D eigenvalue weighted by molar-refractivity contribution is -0.385. The van der Waals surface area contributed by atoms with Crippen molar-refractivity contribution < 1.29 is 61.4 Å². The van der Waals surface area contributed by atoms with Gasteiger partial charge in [-0.15, -0.1) is 0 Å². The maximum atomic E-state index is 11.8. The Bertz CT molecular complexity index is 2430. The number of ether oxygens (including phenoxy) is 3. The second-order valence-corrected chi connectivity index (χ2v) is 14.5. The van der Waals surface area contributed by atoms with E-state index in [4.69, 9.17) is 14.2 Å². The zero-order chi connectivity index (χ0) is 47.5. The van der Waals surface area contributed by atoms with Crippen LogP contribution in [-0.2, 0) is 43.3 Å². The smallest absolute Gasteiger partial charge is 0.327 e. The van der Waals surface area contributed by atoms with Crippen molar-refractivity contribution in [1.29, 1.82) is 0 Å². The van der Waals surface area contributed by atoms with Crippen LogP contribution < -0.4 is 32.9 Å². The van der Waals surface area contributed by atoms with Crippen LogP contribution in [0.2, 0.25) is 0 Å². The number of nitrogens with zero attached hydrogens (tertiary/aromatic N) is 4. The third-order valence-corrected chi connectivity index (χ3v) is 9.96. The lowest BCUT2D eigenvalue weighted by Crippen LogP contribution is -3.00. The van der Waals surface area contributed by atoms with E-state index >= 15 is 0 Å². The number of amides is 1. The van der Waals surface area contributed by atoms with Crippen molar-refractivity contribution in [3.8, 4) is 33.8 Å². The fourth-order valence-electron chi connectivity index (χ4n) is 6.70. The average Bonchev–Trinajstić information content (AvgIpc) is 3.52. The van der Waals surface area contributed by atoms with Crippen molar-refractivity contribution in [3.05, 3.63) is 133 Å². The third-order valence-electron chi connectivity index (χ3n) is 9.96. The second kappa shape index (κ2) is 28.0. The number of nitro groups is 2. The number of halogens is 1. The molecule has 5 rings (SSSR count). The van der Waals surface area contributed by atoms with Gasteiger partial charge in [-0.2, -0.15) is 5.10 Å². The molecule has 0 fully saturated rings. The number of nitrogens with one attached hydrogen (secondary N) is 1. The van der Waals surface area contributed by atoms with Crippen LogP contribution in [0.4, 0.5) is 11.4 Å². The number of nitro benzene ring substituents is 2. The highest BCUT2D eigenvalue weighted by atomic mass is 35.5. The Morgan fingerprint density at radius 3 is 1.73 bits per heavy atom. The first kappa shape index (κ1) is 57.0. The summed E-state index contributed by atoms with van der Waals surface area (Å²) in [6.45, 7) is 12.1. The number of aryl methyl sites for hydroxylation is 1. The molecule has 0 aliphatic rings. The number of methoxy groups -OCH3 is 2. The molecule has 0 saturated heterocycles. The van der Waals surface area contributed by atoms with Gasteiger partial charge in [0.05, 0.1) is 55.3 Å². The number of rotatable bonds is 18. The van der Waals surface area contributed by atoms with Crippen molar-refractivity contribution in [2.24, 2.45) is 5.92 Å². The predicted molar refractivity (Wildman–Crippen MR) is 248 cm³/mol. The van der Waals surface area contributed by atoms with Gasteiger partial charge in [0.15, 0.2) is 0 Å². The lowest BCUT2D eigenvalue weighted by atomic mass is 9.91. The molecule has 1 amide bonds. The van der Waals surface area contributed by atoms with E-state index in [0.29, 0.717) is 54.2 Å². The molecule has 356 valence electrons. The van der Waals surface area contributed by atoms with Gasteiger partial charge in [-0.25, -0.2) is 0 Å². The Morgan fingerprint density at radius 2 is 1.29 bits per heavy atom. The molecule has 0 bridgehead atoms. The van der Waals surface area contributed by atoms with Crippen molar-refractivity contribution >= 4 is 34.8 Å². The summed E-state index contributed by atoms with van der Waals surface area (Å²) in [5.41, 5.74) is 10.9. The topological polar surface area (TPSA) is 240 Å². The molecule has 0 radical (unpaired) electrons. The molecule has 0 aliphatic heterocycles. The SMILES string of the molecule is C.CCNC(=O)CC[NH3+].CCOC(=O)Cn1nc(C)c(Cc2ccc(OC)c(-c3cccc([N+](=O)[O-])c3)c2)c1C.COc1ccc(CC(C(C)=O)C(C)=O)cc1-c1cccc([N+](=O)[O-])c1.[Cl-]. The standard InChI is InChI=1S/C23H25N3O5.C19H19NO5.C5H12N2O.CH4.ClH/c1-5-31-23(27)14-25-16(3)20(15(2)24-25)11-17-9-10-22(30-4)21(12-17)18-7-6-8-19(13-18)26(28)29;1-12(21)17(13(2)22)9-14-7-8-19(25-3)18(10-14)15-5-4-6-16(11-15)20(23)24;1-2-7-5(8)3-4-6;;/h6-10,12-13H,5,11,14H2,1-4H3;4-8,10-11,17H,9H2,1-3H3;2-4,6H2,1H3,(H,7,8);1H4;1H. The zero-order valence-electron chi connectivity index (χ0n) is 38.0. The Kier molecular flexibility index (Phi) is 24.2. The minimum absolute atomic E-state index is 0. The summed E-state index contributed by atoms with van der Waals surface area (Å²) in [6, 6.07) is 23.8. The van der Waals surface area contributed by atoms with Crippen LogP contribution in [-0.4, -0.2) is 77.0 Å². The van der Waals surface area contributed by atoms with Crippen LogP contribution >= 0.6 is 0 Å². The highest BCUT2D eigenvalue weighted by molar-refractivity contribution is 6.00. The number of Topliss-reactive ketones (excluding diaryl/α,β-unsaturated/α-hetero) is 2. The number of hydrogen-bond acceptors (Lipinski definition) is 12. The van der Waals surface area contributed by atoms with Gasteiger partial charge in [0.25, 0.3) is 11.4 Å². The summed E-state index contributed by atoms with van der Waals surface area (Å²) in [5, 5.41) is 29.3. The van der Waals surface area contributed by atoms with E-state index in [1.165, 1.54) is 45.2 Å². The molecule has 17 nitrogen and oxygen atoms in total. The van der Waals surface area contributed by atoms with Gasteiger partial charge in [0, 0.05) is 59.6 Å². The number of aromatic nitrogens is 2. The Labute approximate surface area is 391 Å². The van der Waals surface area contributed by atoms with Crippen molar-refractivity contribution in [2.45, 2.75) is 74.8 Å². The molecule has 4 aromatic carbocycles. The molecule has 0 unspecified atom stereocenters. The number of quaternary nitrogens is 1. The summed E-state index contributed by atoms with van der Waals surface area (Å²) >= 11 is 0. The monoisotopic (exact) mass is 932 g/mol. The molecule has 66 heavy (non-hydrogen) atoms. The van der Waals surface area contributed by atoms with Crippen LogP contribution in [0.5, 0.6) is 11.5 Å². The number of carbonyl (C=O) groups is 4. The average molecular weight is 934 g/mol. The van der Waals surface area contributed by atoms with Crippen LogP contribution in [0.3, 0.4) is 0 Å². The van der Waals surface area contributed by atoms with Crippen molar-refractivity contribution in [3.63, 3.8) is 0 Å². The molecule has 0 spiro atoms. The highest BCUT2D eigenvalue weighted by Crippen LogP contribution is 2.35. The maximum absolute atomic E-state index is 11.8. The summed E-state index contributed by atoms with van der Waals surface area (Å²) < 4.78 is 17.5. The minimum Gasteiger partial charge on any atom is -1.00 e. The molecule has 0 saturated carbocycles. The summed E-state index contributed by atoms with van der Waals surface area (Å²) in [7, 11) is 3.09. The molecule has 5 aromatic rings. The molecule has 1 heterocycles. The number of carbonyl (C=O) groups excluding carboxylic acids is 4. The second-order valence-electron chi connectivity index (χ2n) is 14.5. The molecule has 4 N–H and O–H groups in total. The van der Waals surface area contributed by atoms with Crippen molar-refractivity contribution in [1.82, 2.24) is 15.1 Å². The normalized spacial score (nSPS) is 10.1. The first-order chi connectivity index (χ1) is 30.5. The third kappa shape index (κ3) is 16.5. The van der Waals surface area contributed by atoms with E-state index in [2.05, 4.69) is 16.1 Å². The number of benzene rings is 4. The Hall–Kier alpha value is -6.98. The summed E-state index contributed by atoms with van der Waals surface area (Å²) in [4.78, 5) is 67.0. The van der Waals surface area contributed by atoms with Gasteiger partial charge in [0.2, 0.25) is 5.91 Å². The van der Waals surface area contributed by atoms with Gasteiger partial charge >= 0.3 is 5.97 Å². The molecule has 0 aliphatic carbocycles. The van der Waals surface area contributed by atoms with E-state index in [1.807, 2.05) is 45.0 Å². The Morgan fingerprint density at radius 1 is 0.788 bits per heavy atom. The van der Waals surface area contributed by atoms with Gasteiger partial charge in [-0.1, -0.05) is 43.8 Å². The fraction of sp³-hybridized carbons (Fsp3) is 0.354. The van der Waals surface area contributed by atoms with Gasteiger partial charge in [-0.3, -0.25) is 44.1 Å². The lowest BCUT2D eigenvalue weighted by Gasteiger charge is -2.14. The van der Waals surface area contributed by atoms with Crippen molar-refractivity contribution in [2.75, 3.05) is 33.9 Å². The molecule has 18 heteroatoms. The van der Waals surface area contributed by atoms with Crippen LogP contribution in [0.25, 0.3) is 22.3 Å². The predicted octanol–water partition coefficient (Wildman–Crippen LogP) is 4.24. The van der Waals surface area contributed by atoms with Gasteiger partial charge < -0.3 is 37.7 Å². The zero-order valence-corrected chi connectivity index (χ0v) is 38.7. The van der Waals surface area contributed by atoms with E-state index < -0.39 is 15.8 Å². The van der Waals surface area contributed by atoms with Crippen LogP contribution in [0.15, 0.2) is 84.9 Å². The number of hydrogen-bond donors (Lipinski definition) is 2. The molecule has 1 aromatic heterocycles.